The predicted molar refractivity (Wildman–Crippen MR) is 98.6 cm³/mol. The average Bonchev–Trinajstić information content (AvgIpc) is 3.30. The maximum Gasteiger partial charge on any atom is 0.224 e. The molecular weight excluding hydrogens is 326 g/mol. The molecule has 2 atom stereocenters. The Kier molecular flexibility index (Phi) is 4.50. The number of rotatable bonds is 5. The van der Waals surface area contributed by atoms with E-state index in [2.05, 4.69) is 39.6 Å². The summed E-state index contributed by atoms with van der Waals surface area (Å²) in [6.45, 7) is 0.715. The van der Waals surface area contributed by atoms with Crippen LogP contribution in [0.5, 0.6) is 0 Å². The average molecular weight is 347 g/mol. The van der Waals surface area contributed by atoms with Gasteiger partial charge in [0.05, 0.1) is 12.4 Å². The number of pyridine rings is 1. The number of hydrogen-bond acceptors (Lipinski definition) is 4. The van der Waals surface area contributed by atoms with E-state index in [0.29, 0.717) is 13.0 Å². The number of amides is 1. The van der Waals surface area contributed by atoms with Gasteiger partial charge < -0.3 is 14.8 Å². The summed E-state index contributed by atoms with van der Waals surface area (Å²) in [6, 6.07) is 12.4. The molecule has 4 rings (SSSR count). The first kappa shape index (κ1) is 16.5. The van der Waals surface area contributed by atoms with Crippen molar-refractivity contribution < 1.29 is 4.79 Å². The van der Waals surface area contributed by atoms with E-state index in [-0.39, 0.29) is 18.0 Å². The molecule has 0 radical (unpaired) electrons. The number of nitrogens with one attached hydrogen (secondary N) is 1. The molecule has 3 heterocycles. The zero-order valence-corrected chi connectivity index (χ0v) is 14.6. The number of likely N-dealkylation sites (tertiary alicyclic amines) is 1. The maximum absolute atomic E-state index is 12.2. The highest BCUT2D eigenvalue weighted by molar-refractivity contribution is 5.80. The summed E-state index contributed by atoms with van der Waals surface area (Å²) in [7, 11) is 1.86. The van der Waals surface area contributed by atoms with Crippen LogP contribution in [0.25, 0.3) is 5.69 Å². The molecule has 0 spiro atoms. The third-order valence-electron chi connectivity index (χ3n) is 4.92. The molecule has 3 aromatic rings. The van der Waals surface area contributed by atoms with Gasteiger partial charge in [0.2, 0.25) is 5.91 Å². The van der Waals surface area contributed by atoms with E-state index in [4.69, 9.17) is 0 Å². The molecule has 1 aliphatic heterocycles. The van der Waals surface area contributed by atoms with Crippen LogP contribution < -0.4 is 5.32 Å². The molecule has 1 saturated heterocycles. The van der Waals surface area contributed by atoms with Gasteiger partial charge in [-0.1, -0.05) is 18.2 Å². The highest BCUT2D eigenvalue weighted by Crippen LogP contribution is 2.31. The van der Waals surface area contributed by atoms with Crippen LogP contribution in [0.4, 0.5) is 0 Å². The number of aromatic nitrogens is 3. The Hall–Kier alpha value is -2.99. The largest absolute Gasteiger partial charge is 0.337 e. The van der Waals surface area contributed by atoms with Crippen molar-refractivity contribution in [2.24, 2.45) is 0 Å². The van der Waals surface area contributed by atoms with E-state index >= 15 is 0 Å². The first-order chi connectivity index (χ1) is 12.7. The Morgan fingerprint density at radius 3 is 2.69 bits per heavy atom. The molecule has 1 fully saturated rings. The van der Waals surface area contributed by atoms with Gasteiger partial charge in [0.25, 0.3) is 0 Å². The van der Waals surface area contributed by atoms with Gasteiger partial charge in [-0.15, -0.1) is 0 Å². The van der Waals surface area contributed by atoms with Crippen molar-refractivity contribution in [2.45, 2.75) is 25.0 Å². The molecule has 1 aromatic carbocycles. The van der Waals surface area contributed by atoms with Crippen LogP contribution in [0.1, 0.15) is 23.6 Å². The Balaban J connectivity index is 1.45. The first-order valence-electron chi connectivity index (χ1n) is 8.68. The van der Waals surface area contributed by atoms with Crippen LogP contribution >= 0.6 is 0 Å². The quantitative estimate of drug-likeness (QED) is 0.769. The van der Waals surface area contributed by atoms with E-state index in [1.165, 1.54) is 5.56 Å². The molecule has 6 heteroatoms. The summed E-state index contributed by atoms with van der Waals surface area (Å²) in [4.78, 5) is 22.3. The third kappa shape index (κ3) is 3.23. The van der Waals surface area contributed by atoms with E-state index in [9.17, 15) is 4.79 Å². The molecule has 6 nitrogen and oxygen atoms in total. The third-order valence-corrected chi connectivity index (χ3v) is 4.92. The van der Waals surface area contributed by atoms with Gasteiger partial charge >= 0.3 is 0 Å². The second-order valence-corrected chi connectivity index (χ2v) is 6.56. The van der Waals surface area contributed by atoms with Gasteiger partial charge in [-0.2, -0.15) is 0 Å². The van der Waals surface area contributed by atoms with E-state index in [1.54, 1.807) is 18.7 Å². The zero-order valence-electron chi connectivity index (χ0n) is 14.6. The fourth-order valence-corrected chi connectivity index (χ4v) is 3.51. The number of carbonyl (C=O) groups is 1. The van der Waals surface area contributed by atoms with Crippen LogP contribution in [-0.4, -0.2) is 38.4 Å². The van der Waals surface area contributed by atoms with E-state index in [1.807, 2.05) is 41.0 Å². The van der Waals surface area contributed by atoms with Crippen molar-refractivity contribution in [1.29, 1.82) is 0 Å². The number of hydrogen-bond donors (Lipinski definition) is 1. The van der Waals surface area contributed by atoms with Crippen molar-refractivity contribution >= 4 is 5.91 Å². The summed E-state index contributed by atoms with van der Waals surface area (Å²) in [5.41, 5.74) is 3.32. The summed E-state index contributed by atoms with van der Waals surface area (Å²) in [6.07, 6.45) is 9.57. The minimum Gasteiger partial charge on any atom is -0.337 e. The lowest BCUT2D eigenvalue weighted by Gasteiger charge is -2.25. The SMILES string of the molecule is CN1C(=O)C[C@@H](NCc2ccc(-n3ccnc3)cc2)[C@@H]1c1cccnc1. The zero-order chi connectivity index (χ0) is 17.9. The molecule has 26 heavy (non-hydrogen) atoms. The fraction of sp³-hybridized carbons (Fsp3) is 0.250. The summed E-state index contributed by atoms with van der Waals surface area (Å²) in [5.74, 6) is 0.159. The second-order valence-electron chi connectivity index (χ2n) is 6.56. The van der Waals surface area contributed by atoms with Gasteiger partial charge in [0, 0.05) is 56.5 Å². The normalized spacial score (nSPS) is 19.9. The number of benzene rings is 1. The molecule has 1 N–H and O–H groups in total. The standard InChI is InChI=1S/C20H21N5O/c1-24-19(26)11-18(20(24)16-3-2-8-21-13-16)23-12-15-4-6-17(7-5-15)25-10-9-22-14-25/h2-10,13-14,18,20,23H,11-12H2,1H3/t18-,20+/m1/s1. The number of likely N-dealkylation sites (N-methyl/N-ethyl adjacent to an activating group) is 1. The maximum atomic E-state index is 12.2. The molecule has 2 aromatic heterocycles. The lowest BCUT2D eigenvalue weighted by molar-refractivity contribution is -0.127. The molecule has 1 amide bonds. The Morgan fingerprint density at radius 1 is 1.15 bits per heavy atom. The van der Waals surface area contributed by atoms with Crippen molar-refractivity contribution in [3.63, 3.8) is 0 Å². The van der Waals surface area contributed by atoms with Crippen LogP contribution in [0.2, 0.25) is 0 Å². The molecule has 0 aliphatic carbocycles. The highest BCUT2D eigenvalue weighted by Gasteiger charge is 2.38. The van der Waals surface area contributed by atoms with Crippen molar-refractivity contribution in [2.75, 3.05) is 7.05 Å². The van der Waals surface area contributed by atoms with Crippen molar-refractivity contribution in [3.8, 4) is 5.69 Å². The number of imidazole rings is 1. The second kappa shape index (κ2) is 7.09. The molecule has 0 saturated carbocycles. The van der Waals surface area contributed by atoms with Gasteiger partial charge in [-0.25, -0.2) is 4.98 Å². The van der Waals surface area contributed by atoms with Crippen LogP contribution in [0.3, 0.4) is 0 Å². The van der Waals surface area contributed by atoms with Crippen LogP contribution in [0, 0.1) is 0 Å². The lowest BCUT2D eigenvalue weighted by Crippen LogP contribution is -2.34. The lowest BCUT2D eigenvalue weighted by atomic mass is 10.0. The fourth-order valence-electron chi connectivity index (χ4n) is 3.51. The van der Waals surface area contributed by atoms with E-state index < -0.39 is 0 Å². The number of carbonyl (C=O) groups excluding carboxylic acids is 1. The van der Waals surface area contributed by atoms with Crippen LogP contribution in [-0.2, 0) is 11.3 Å². The Morgan fingerprint density at radius 2 is 2.00 bits per heavy atom. The van der Waals surface area contributed by atoms with Crippen LogP contribution in [0.15, 0.2) is 67.5 Å². The van der Waals surface area contributed by atoms with Crippen molar-refractivity contribution in [3.05, 3.63) is 78.6 Å². The highest BCUT2D eigenvalue weighted by atomic mass is 16.2. The molecule has 132 valence electrons. The minimum atomic E-state index is 0.0152. The molecular formula is C20H21N5O. The minimum absolute atomic E-state index is 0.0152. The first-order valence-corrected chi connectivity index (χ1v) is 8.68. The summed E-state index contributed by atoms with van der Waals surface area (Å²) < 4.78 is 1.97. The molecule has 0 bridgehead atoms. The van der Waals surface area contributed by atoms with Gasteiger partial charge in [0.1, 0.15) is 0 Å². The van der Waals surface area contributed by atoms with Gasteiger partial charge in [0.15, 0.2) is 0 Å². The molecule has 0 unspecified atom stereocenters. The smallest absolute Gasteiger partial charge is 0.224 e. The van der Waals surface area contributed by atoms with Crippen molar-refractivity contribution in [1.82, 2.24) is 24.8 Å². The summed E-state index contributed by atoms with van der Waals surface area (Å²) in [5, 5.41) is 3.55. The Labute approximate surface area is 152 Å². The predicted octanol–water partition coefficient (Wildman–Crippen LogP) is 2.33. The van der Waals surface area contributed by atoms with Gasteiger partial charge in [-0.05, 0) is 29.3 Å². The van der Waals surface area contributed by atoms with E-state index in [0.717, 1.165) is 11.3 Å². The monoisotopic (exact) mass is 347 g/mol. The molecule has 1 aliphatic rings. The Bertz CT molecular complexity index is 861. The van der Waals surface area contributed by atoms with Gasteiger partial charge in [-0.3, -0.25) is 9.78 Å². The topological polar surface area (TPSA) is 63.1 Å². The summed E-state index contributed by atoms with van der Waals surface area (Å²) >= 11 is 0. The number of nitrogens with zero attached hydrogens (tertiary/aromatic N) is 4.